The van der Waals surface area contributed by atoms with Crippen LogP contribution in [0, 0.1) is 6.92 Å². The van der Waals surface area contributed by atoms with Gasteiger partial charge in [-0.1, -0.05) is 127 Å². The van der Waals surface area contributed by atoms with Gasteiger partial charge in [0.1, 0.15) is 0 Å². The predicted molar refractivity (Wildman–Crippen MR) is 201 cm³/mol. The summed E-state index contributed by atoms with van der Waals surface area (Å²) >= 11 is 0. The Morgan fingerprint density at radius 3 is 1.51 bits per heavy atom. The first kappa shape index (κ1) is 28.4. The molecule has 0 amide bonds. The Morgan fingerprint density at radius 1 is 0.319 bits per heavy atom. The minimum Gasteiger partial charge on any atom is -0.310 e. The summed E-state index contributed by atoms with van der Waals surface area (Å²) < 4.78 is 0. The largest absolute Gasteiger partial charge is 0.310 e. The van der Waals surface area contributed by atoms with Crippen molar-refractivity contribution in [2.24, 2.45) is 0 Å². The van der Waals surface area contributed by atoms with E-state index < -0.39 is 0 Å². The number of aryl methyl sites for hydroxylation is 1. The number of rotatable bonds is 7. The Hall–Kier alpha value is -6.12. The van der Waals surface area contributed by atoms with Crippen LogP contribution in [0.5, 0.6) is 0 Å². The van der Waals surface area contributed by atoms with Gasteiger partial charge in [-0.2, -0.15) is 0 Å². The molecule has 0 aliphatic carbocycles. The molecule has 0 saturated carbocycles. The fourth-order valence-corrected chi connectivity index (χ4v) is 6.47. The number of benzene rings is 8. The second kappa shape index (κ2) is 12.3. The summed E-state index contributed by atoms with van der Waals surface area (Å²) in [5.74, 6) is 0. The zero-order chi connectivity index (χ0) is 31.6. The Bertz CT molecular complexity index is 2280. The molecule has 0 spiro atoms. The predicted octanol–water partition coefficient (Wildman–Crippen LogP) is 12.9. The molecule has 224 valence electrons. The van der Waals surface area contributed by atoms with Gasteiger partial charge in [0.25, 0.3) is 0 Å². The average molecular weight is 603 g/mol. The number of hydrogen-bond acceptors (Lipinski definition) is 2. The maximum atomic E-state index is 2.35. The number of fused-ring (bicyclic) bond motifs is 2. The summed E-state index contributed by atoms with van der Waals surface area (Å²) in [6.45, 7) is 2.13. The van der Waals surface area contributed by atoms with Gasteiger partial charge >= 0.3 is 0 Å². The Labute approximate surface area is 276 Å². The third-order valence-electron chi connectivity index (χ3n) is 8.89. The quantitative estimate of drug-likeness (QED) is 0.179. The van der Waals surface area contributed by atoms with Gasteiger partial charge in [0.2, 0.25) is 0 Å². The van der Waals surface area contributed by atoms with Crippen LogP contribution in [0.1, 0.15) is 5.56 Å². The van der Waals surface area contributed by atoms with Gasteiger partial charge in [0, 0.05) is 33.8 Å². The summed E-state index contributed by atoms with van der Waals surface area (Å²) in [7, 11) is 0. The van der Waals surface area contributed by atoms with Gasteiger partial charge in [0.15, 0.2) is 0 Å². The minimum atomic E-state index is 1.10. The van der Waals surface area contributed by atoms with E-state index in [1.165, 1.54) is 38.2 Å². The highest BCUT2D eigenvalue weighted by molar-refractivity contribution is 5.99. The summed E-state index contributed by atoms with van der Waals surface area (Å²) in [5, 5.41) is 4.89. The SMILES string of the molecule is Cc1ccc(-c2ccc(N(c3ccc(N(c4ccccc4)c4cccc5ccccc45)cc3)c3ccc4ccccc4c3)cc2)cc1. The lowest BCUT2D eigenvalue weighted by atomic mass is 10.0. The molecule has 47 heavy (non-hydrogen) atoms. The van der Waals surface area contributed by atoms with Gasteiger partial charge in [-0.25, -0.2) is 0 Å². The first-order valence-corrected chi connectivity index (χ1v) is 16.1. The molecule has 0 atom stereocenters. The van der Waals surface area contributed by atoms with E-state index in [4.69, 9.17) is 0 Å². The zero-order valence-corrected chi connectivity index (χ0v) is 26.3. The molecule has 0 fully saturated rings. The highest BCUT2D eigenvalue weighted by Crippen LogP contribution is 2.42. The summed E-state index contributed by atoms with van der Waals surface area (Å²) in [6, 6.07) is 67.6. The molecule has 0 radical (unpaired) electrons. The molecular formula is C45H34N2. The average Bonchev–Trinajstić information content (AvgIpc) is 3.14. The molecule has 0 heterocycles. The molecule has 8 aromatic carbocycles. The monoisotopic (exact) mass is 602 g/mol. The van der Waals surface area contributed by atoms with Crippen molar-refractivity contribution >= 4 is 55.7 Å². The van der Waals surface area contributed by atoms with E-state index in [-0.39, 0.29) is 0 Å². The lowest BCUT2D eigenvalue weighted by Gasteiger charge is -2.29. The highest BCUT2D eigenvalue weighted by Gasteiger charge is 2.18. The second-order valence-electron chi connectivity index (χ2n) is 12.0. The number of para-hydroxylation sites is 1. The molecule has 0 aliphatic rings. The van der Waals surface area contributed by atoms with Crippen LogP contribution in [0.15, 0.2) is 188 Å². The smallest absolute Gasteiger partial charge is 0.0540 e. The zero-order valence-electron chi connectivity index (χ0n) is 26.3. The van der Waals surface area contributed by atoms with Crippen LogP contribution >= 0.6 is 0 Å². The molecule has 8 aromatic rings. The number of nitrogens with zero attached hydrogens (tertiary/aromatic N) is 2. The van der Waals surface area contributed by atoms with E-state index in [1.807, 2.05) is 0 Å². The fraction of sp³-hybridized carbons (Fsp3) is 0.0222. The van der Waals surface area contributed by atoms with Crippen LogP contribution in [-0.2, 0) is 0 Å². The number of hydrogen-bond donors (Lipinski definition) is 0. The summed E-state index contributed by atoms with van der Waals surface area (Å²) in [6.07, 6.45) is 0. The van der Waals surface area contributed by atoms with Crippen molar-refractivity contribution in [2.75, 3.05) is 9.80 Å². The Balaban J connectivity index is 1.23. The molecule has 2 nitrogen and oxygen atoms in total. The van der Waals surface area contributed by atoms with Crippen LogP contribution in [0.4, 0.5) is 34.1 Å². The summed E-state index contributed by atoms with van der Waals surface area (Å²) in [5.41, 5.74) is 10.4. The van der Waals surface area contributed by atoms with Gasteiger partial charge in [-0.05, 0) is 101 Å². The van der Waals surface area contributed by atoms with E-state index in [9.17, 15) is 0 Å². The molecule has 0 N–H and O–H groups in total. The second-order valence-corrected chi connectivity index (χ2v) is 12.0. The normalized spacial score (nSPS) is 11.1. The molecule has 0 aromatic heterocycles. The van der Waals surface area contributed by atoms with Gasteiger partial charge in [-0.15, -0.1) is 0 Å². The van der Waals surface area contributed by atoms with Crippen molar-refractivity contribution in [3.05, 3.63) is 194 Å². The van der Waals surface area contributed by atoms with Crippen molar-refractivity contribution in [3.63, 3.8) is 0 Å². The van der Waals surface area contributed by atoms with Crippen LogP contribution in [0.2, 0.25) is 0 Å². The standard InChI is InChI=1S/C45H34N2/c1-33-18-20-35(21-19-33)36-22-25-40(26-23-36)46(43-27-24-34-10-5-6-12-38(34)32-43)41-28-30-42(31-29-41)47(39-14-3-2-4-15-39)45-17-9-13-37-11-7-8-16-44(37)45/h2-32H,1H3. The lowest BCUT2D eigenvalue weighted by Crippen LogP contribution is -2.12. The molecule has 0 bridgehead atoms. The first-order valence-electron chi connectivity index (χ1n) is 16.1. The molecular weight excluding hydrogens is 569 g/mol. The summed E-state index contributed by atoms with van der Waals surface area (Å²) in [4.78, 5) is 4.70. The third kappa shape index (κ3) is 5.62. The van der Waals surface area contributed by atoms with Crippen molar-refractivity contribution in [1.29, 1.82) is 0 Å². The Morgan fingerprint density at radius 2 is 0.809 bits per heavy atom. The van der Waals surface area contributed by atoms with Crippen molar-refractivity contribution in [3.8, 4) is 11.1 Å². The van der Waals surface area contributed by atoms with Crippen LogP contribution in [-0.4, -0.2) is 0 Å². The van der Waals surface area contributed by atoms with Gasteiger partial charge in [-0.3, -0.25) is 0 Å². The van der Waals surface area contributed by atoms with Gasteiger partial charge in [0.05, 0.1) is 5.69 Å². The van der Waals surface area contributed by atoms with E-state index in [1.54, 1.807) is 0 Å². The van der Waals surface area contributed by atoms with Crippen molar-refractivity contribution in [1.82, 2.24) is 0 Å². The van der Waals surface area contributed by atoms with E-state index in [0.29, 0.717) is 0 Å². The van der Waals surface area contributed by atoms with Crippen LogP contribution in [0.3, 0.4) is 0 Å². The van der Waals surface area contributed by atoms with E-state index in [0.717, 1.165) is 34.1 Å². The molecule has 0 saturated heterocycles. The van der Waals surface area contributed by atoms with Gasteiger partial charge < -0.3 is 9.80 Å². The maximum absolute atomic E-state index is 2.35. The molecule has 2 heteroatoms. The minimum absolute atomic E-state index is 1.10. The van der Waals surface area contributed by atoms with Crippen LogP contribution in [0.25, 0.3) is 32.7 Å². The number of anilines is 6. The highest BCUT2D eigenvalue weighted by atomic mass is 15.2. The van der Waals surface area contributed by atoms with Crippen molar-refractivity contribution < 1.29 is 0 Å². The topological polar surface area (TPSA) is 6.48 Å². The third-order valence-corrected chi connectivity index (χ3v) is 8.89. The molecule has 0 aliphatic heterocycles. The fourth-order valence-electron chi connectivity index (χ4n) is 6.47. The Kier molecular flexibility index (Phi) is 7.45. The molecule has 8 rings (SSSR count). The van der Waals surface area contributed by atoms with Crippen molar-refractivity contribution in [2.45, 2.75) is 6.92 Å². The lowest BCUT2D eigenvalue weighted by molar-refractivity contribution is 1.26. The van der Waals surface area contributed by atoms with E-state index >= 15 is 0 Å². The first-order chi connectivity index (χ1) is 23.2. The van der Waals surface area contributed by atoms with E-state index in [2.05, 4.69) is 205 Å². The molecule has 0 unspecified atom stereocenters. The van der Waals surface area contributed by atoms with Crippen LogP contribution < -0.4 is 9.80 Å². The maximum Gasteiger partial charge on any atom is 0.0540 e.